The van der Waals surface area contributed by atoms with Crippen molar-refractivity contribution in [1.29, 1.82) is 0 Å². The Morgan fingerprint density at radius 2 is 1.88 bits per heavy atom. The third kappa shape index (κ3) is 2.40. The van der Waals surface area contributed by atoms with Gasteiger partial charge in [-0.05, 0) is 6.92 Å². The number of nitrogens with zero attached hydrogens (tertiary/aromatic N) is 4. The average molecular weight is 246 g/mol. The van der Waals surface area contributed by atoms with E-state index in [0.29, 0.717) is 16.7 Å². The number of hydrogen-bond acceptors (Lipinski definition) is 5. The molecule has 16 heavy (non-hydrogen) atoms. The molecule has 0 aromatic carbocycles. The van der Waals surface area contributed by atoms with Gasteiger partial charge in [-0.15, -0.1) is 22.8 Å². The number of aromatic nitrogens is 3. The Morgan fingerprint density at radius 1 is 1.25 bits per heavy atom. The highest BCUT2D eigenvalue weighted by Gasteiger charge is 2.35. The van der Waals surface area contributed by atoms with Crippen molar-refractivity contribution in [3.8, 4) is 0 Å². The van der Waals surface area contributed by atoms with Crippen LogP contribution in [0.25, 0.3) is 0 Å². The molecule has 1 aromatic heterocycles. The minimum absolute atomic E-state index is 0.150. The van der Waals surface area contributed by atoms with E-state index >= 15 is 0 Å². The summed E-state index contributed by atoms with van der Waals surface area (Å²) in [5.41, 5.74) is 0. The van der Waals surface area contributed by atoms with Crippen LogP contribution in [0.4, 0.5) is 14.6 Å². The van der Waals surface area contributed by atoms with Gasteiger partial charge in [0.05, 0.1) is 0 Å². The second-order valence-corrected chi connectivity index (χ2v) is 4.27. The Labute approximate surface area is 97.5 Å². The number of aryl methyl sites for hydroxylation is 1. The van der Waals surface area contributed by atoms with E-state index in [1.165, 1.54) is 0 Å². The third-order valence-corrected chi connectivity index (χ3v) is 2.84. The lowest BCUT2D eigenvalue weighted by Gasteiger charge is -2.32. The maximum atomic E-state index is 13.0. The third-order valence-electron chi connectivity index (χ3n) is 2.55. The molecule has 1 aromatic rings. The molecular weight excluding hydrogens is 234 g/mol. The van der Waals surface area contributed by atoms with Gasteiger partial charge in [-0.25, -0.2) is 13.8 Å². The molecule has 0 saturated carbocycles. The Morgan fingerprint density at radius 3 is 2.50 bits per heavy atom. The van der Waals surface area contributed by atoms with E-state index in [9.17, 15) is 8.78 Å². The van der Waals surface area contributed by atoms with Gasteiger partial charge in [0.2, 0.25) is 0 Å². The molecule has 0 bridgehead atoms. The topological polar surface area (TPSA) is 41.9 Å². The molecule has 2 rings (SSSR count). The van der Waals surface area contributed by atoms with Crippen LogP contribution in [0.1, 0.15) is 18.7 Å². The van der Waals surface area contributed by atoms with Gasteiger partial charge in [-0.3, -0.25) is 0 Å². The van der Waals surface area contributed by atoms with E-state index in [2.05, 4.69) is 27.8 Å². The predicted molar refractivity (Wildman–Crippen MR) is 58.2 cm³/mol. The molecule has 1 aliphatic rings. The van der Waals surface area contributed by atoms with Gasteiger partial charge in [-0.1, -0.05) is 0 Å². The standard InChI is InChI=1S/C9H12F2N4S/c1-6-12-7(8(16)14-13-6)15-4-2-9(10,11)3-5-15/h2-5H2,1H3,(H,14,16). The van der Waals surface area contributed by atoms with Crippen molar-refractivity contribution in [2.75, 3.05) is 18.0 Å². The van der Waals surface area contributed by atoms with E-state index < -0.39 is 5.92 Å². The van der Waals surface area contributed by atoms with Gasteiger partial charge in [0, 0.05) is 25.9 Å². The summed E-state index contributed by atoms with van der Waals surface area (Å²) < 4.78 is 26.0. The van der Waals surface area contributed by atoms with Gasteiger partial charge in [0.15, 0.2) is 10.8 Å². The summed E-state index contributed by atoms with van der Waals surface area (Å²) >= 11 is 4.13. The lowest BCUT2D eigenvalue weighted by Crippen LogP contribution is -2.40. The fourth-order valence-electron chi connectivity index (χ4n) is 1.65. The first kappa shape index (κ1) is 11.5. The van der Waals surface area contributed by atoms with E-state index in [0.717, 1.165) is 0 Å². The molecule has 0 spiro atoms. The normalized spacial score (nSPS) is 19.9. The highest BCUT2D eigenvalue weighted by Crippen LogP contribution is 2.31. The Hall–Kier alpha value is -0.980. The second kappa shape index (κ2) is 4.12. The summed E-state index contributed by atoms with van der Waals surface area (Å²) in [5.74, 6) is -1.49. The fourth-order valence-corrected chi connectivity index (χ4v) is 1.88. The zero-order valence-electron chi connectivity index (χ0n) is 8.82. The van der Waals surface area contributed by atoms with Crippen molar-refractivity contribution in [2.45, 2.75) is 30.7 Å². The van der Waals surface area contributed by atoms with Crippen molar-refractivity contribution in [2.24, 2.45) is 0 Å². The van der Waals surface area contributed by atoms with Crippen LogP contribution in [0, 0.1) is 6.92 Å². The molecule has 2 heterocycles. The average Bonchev–Trinajstić information content (AvgIpc) is 2.22. The van der Waals surface area contributed by atoms with Gasteiger partial charge >= 0.3 is 0 Å². The highest BCUT2D eigenvalue weighted by atomic mass is 32.1. The monoisotopic (exact) mass is 246 g/mol. The Kier molecular flexibility index (Phi) is 2.96. The summed E-state index contributed by atoms with van der Waals surface area (Å²) in [7, 11) is 0. The molecule has 0 unspecified atom stereocenters. The lowest BCUT2D eigenvalue weighted by atomic mass is 10.1. The summed E-state index contributed by atoms with van der Waals surface area (Å²) in [6.45, 7) is 2.26. The number of piperidine rings is 1. The number of rotatable bonds is 1. The largest absolute Gasteiger partial charge is 0.354 e. The molecule has 0 amide bonds. The molecule has 4 nitrogen and oxygen atoms in total. The molecular formula is C9H12F2N4S. The first-order valence-corrected chi connectivity index (χ1v) is 5.46. The predicted octanol–water partition coefficient (Wildman–Crippen LogP) is 1.70. The van der Waals surface area contributed by atoms with Crippen LogP contribution in [-0.2, 0) is 0 Å². The van der Waals surface area contributed by atoms with Crippen LogP contribution >= 0.6 is 12.6 Å². The number of thiol groups is 1. The summed E-state index contributed by atoms with van der Waals surface area (Å²) in [5, 5.41) is 7.95. The summed E-state index contributed by atoms with van der Waals surface area (Å²) in [6.07, 6.45) is -0.299. The second-order valence-electron chi connectivity index (χ2n) is 3.85. The van der Waals surface area contributed by atoms with Gasteiger partial charge in [0.1, 0.15) is 5.82 Å². The van der Waals surface area contributed by atoms with Crippen LogP contribution < -0.4 is 4.90 Å². The van der Waals surface area contributed by atoms with E-state index in [-0.39, 0.29) is 25.9 Å². The summed E-state index contributed by atoms with van der Waals surface area (Å²) in [4.78, 5) is 5.95. The lowest BCUT2D eigenvalue weighted by molar-refractivity contribution is -0.0222. The molecule has 0 N–H and O–H groups in total. The number of hydrogen-bond donors (Lipinski definition) is 1. The van der Waals surface area contributed by atoms with Crippen molar-refractivity contribution in [1.82, 2.24) is 15.2 Å². The number of alkyl halides is 2. The molecule has 1 aliphatic heterocycles. The van der Waals surface area contributed by atoms with Crippen LogP contribution in [0.5, 0.6) is 0 Å². The van der Waals surface area contributed by atoms with Gasteiger partial charge in [0.25, 0.3) is 5.92 Å². The van der Waals surface area contributed by atoms with E-state index in [1.54, 1.807) is 11.8 Å². The molecule has 1 saturated heterocycles. The Bertz CT molecular complexity index is 389. The van der Waals surface area contributed by atoms with E-state index in [4.69, 9.17) is 0 Å². The minimum atomic E-state index is -2.55. The molecule has 1 fully saturated rings. The maximum Gasteiger partial charge on any atom is 0.251 e. The summed E-state index contributed by atoms with van der Waals surface area (Å²) in [6, 6.07) is 0. The van der Waals surface area contributed by atoms with Gasteiger partial charge in [-0.2, -0.15) is 0 Å². The van der Waals surface area contributed by atoms with Gasteiger partial charge < -0.3 is 4.90 Å². The van der Waals surface area contributed by atoms with Crippen LogP contribution in [0.15, 0.2) is 5.03 Å². The van der Waals surface area contributed by atoms with E-state index in [1.807, 2.05) is 0 Å². The van der Waals surface area contributed by atoms with Crippen molar-refractivity contribution in [3.05, 3.63) is 5.82 Å². The number of anilines is 1. The smallest absolute Gasteiger partial charge is 0.251 e. The number of halogens is 2. The van der Waals surface area contributed by atoms with Crippen LogP contribution in [0.3, 0.4) is 0 Å². The van der Waals surface area contributed by atoms with Crippen molar-refractivity contribution < 1.29 is 8.78 Å². The maximum absolute atomic E-state index is 13.0. The zero-order valence-corrected chi connectivity index (χ0v) is 9.71. The van der Waals surface area contributed by atoms with Crippen LogP contribution in [0.2, 0.25) is 0 Å². The Balaban J connectivity index is 2.17. The first-order chi connectivity index (χ1) is 7.48. The first-order valence-electron chi connectivity index (χ1n) is 5.01. The van der Waals surface area contributed by atoms with Crippen LogP contribution in [-0.4, -0.2) is 34.2 Å². The SMILES string of the molecule is Cc1nnc(S)c(N2CCC(F)(F)CC2)n1. The quantitative estimate of drug-likeness (QED) is 0.766. The zero-order chi connectivity index (χ0) is 11.8. The van der Waals surface area contributed by atoms with Crippen molar-refractivity contribution >= 4 is 18.4 Å². The molecule has 7 heteroatoms. The fraction of sp³-hybridized carbons (Fsp3) is 0.667. The molecule has 0 radical (unpaired) electrons. The molecule has 88 valence electrons. The molecule has 0 aliphatic carbocycles. The minimum Gasteiger partial charge on any atom is -0.354 e. The highest BCUT2D eigenvalue weighted by molar-refractivity contribution is 7.80. The molecule has 0 atom stereocenters. The van der Waals surface area contributed by atoms with Crippen molar-refractivity contribution in [3.63, 3.8) is 0 Å².